The summed E-state index contributed by atoms with van der Waals surface area (Å²) in [6.07, 6.45) is 75.3. The van der Waals surface area contributed by atoms with Crippen LogP contribution in [0.3, 0.4) is 0 Å². The van der Waals surface area contributed by atoms with Gasteiger partial charge in [-0.2, -0.15) is 0 Å². The van der Waals surface area contributed by atoms with E-state index in [1.54, 1.807) is 0 Å². The highest BCUT2D eigenvalue weighted by Gasteiger charge is 2.19. The molecule has 0 heterocycles. The number of hydrogen-bond acceptors (Lipinski definition) is 6. The van der Waals surface area contributed by atoms with Crippen LogP contribution in [0.2, 0.25) is 0 Å². The van der Waals surface area contributed by atoms with Crippen LogP contribution in [0.4, 0.5) is 0 Å². The molecule has 0 fully saturated rings. The molecule has 0 saturated heterocycles. The summed E-state index contributed by atoms with van der Waals surface area (Å²) in [5.74, 6) is -0.958. The second kappa shape index (κ2) is 56.9. The summed E-state index contributed by atoms with van der Waals surface area (Å²) in [5, 5.41) is 0. The largest absolute Gasteiger partial charge is 0.462 e. The van der Waals surface area contributed by atoms with E-state index in [0.29, 0.717) is 19.3 Å². The van der Waals surface area contributed by atoms with E-state index in [2.05, 4.69) is 118 Å². The third-order valence-electron chi connectivity index (χ3n) is 12.1. The van der Waals surface area contributed by atoms with E-state index in [0.717, 1.165) is 109 Å². The first-order chi connectivity index (χ1) is 34.0. The predicted molar refractivity (Wildman–Crippen MR) is 297 cm³/mol. The van der Waals surface area contributed by atoms with Crippen molar-refractivity contribution in [3.05, 3.63) is 97.2 Å². The molecule has 0 radical (unpaired) electrons. The molecule has 0 bridgehead atoms. The highest BCUT2D eigenvalue weighted by Crippen LogP contribution is 2.15. The molecular formula is C63H106O6. The Bertz CT molecular complexity index is 1300. The van der Waals surface area contributed by atoms with Crippen molar-refractivity contribution >= 4 is 17.9 Å². The Morgan fingerprint density at radius 3 is 0.841 bits per heavy atom. The van der Waals surface area contributed by atoms with Crippen molar-refractivity contribution < 1.29 is 28.6 Å². The van der Waals surface area contributed by atoms with Crippen LogP contribution in [0.15, 0.2) is 97.2 Å². The normalized spacial score (nSPS) is 12.4. The zero-order valence-electron chi connectivity index (χ0n) is 45.0. The average molecular weight is 960 g/mol. The molecule has 0 aliphatic heterocycles. The van der Waals surface area contributed by atoms with E-state index in [-0.39, 0.29) is 31.1 Å². The summed E-state index contributed by atoms with van der Waals surface area (Å²) in [5.41, 5.74) is 0. The first-order valence-electron chi connectivity index (χ1n) is 28.7. The van der Waals surface area contributed by atoms with Crippen molar-refractivity contribution in [1.29, 1.82) is 0 Å². The van der Waals surface area contributed by atoms with E-state index in [4.69, 9.17) is 14.2 Å². The molecular weight excluding hydrogens is 853 g/mol. The molecule has 0 aliphatic rings. The zero-order valence-corrected chi connectivity index (χ0v) is 45.0. The van der Waals surface area contributed by atoms with Crippen LogP contribution < -0.4 is 0 Å². The fourth-order valence-corrected chi connectivity index (χ4v) is 7.70. The number of esters is 3. The monoisotopic (exact) mass is 959 g/mol. The Morgan fingerprint density at radius 1 is 0.290 bits per heavy atom. The Kier molecular flexibility index (Phi) is 53.9. The molecule has 6 heteroatoms. The van der Waals surface area contributed by atoms with Crippen LogP contribution in [-0.4, -0.2) is 37.2 Å². The molecule has 0 atom stereocenters. The fraction of sp³-hybridized carbons (Fsp3) is 0.698. The smallest absolute Gasteiger partial charge is 0.306 e. The quantitative estimate of drug-likeness (QED) is 0.0262. The molecule has 394 valence electrons. The summed E-state index contributed by atoms with van der Waals surface area (Å²) in [4.78, 5) is 38.1. The maximum absolute atomic E-state index is 12.8. The lowest BCUT2D eigenvalue weighted by atomic mass is 10.0. The number of unbranched alkanes of at least 4 members (excludes halogenated alkanes) is 24. The highest BCUT2D eigenvalue weighted by atomic mass is 16.6. The lowest BCUT2D eigenvalue weighted by molar-refractivity contribution is -0.167. The summed E-state index contributed by atoms with van der Waals surface area (Å²) in [6, 6.07) is 0. The molecule has 69 heavy (non-hydrogen) atoms. The third kappa shape index (κ3) is 55.1. The van der Waals surface area contributed by atoms with Crippen LogP contribution in [0.5, 0.6) is 0 Å². The highest BCUT2D eigenvalue weighted by molar-refractivity contribution is 5.71. The van der Waals surface area contributed by atoms with Gasteiger partial charge in [-0.05, 0) is 109 Å². The number of rotatable bonds is 51. The van der Waals surface area contributed by atoms with E-state index in [9.17, 15) is 14.4 Å². The van der Waals surface area contributed by atoms with Gasteiger partial charge in [0.2, 0.25) is 0 Å². The van der Waals surface area contributed by atoms with Gasteiger partial charge in [-0.3, -0.25) is 14.4 Å². The predicted octanol–water partition coefficient (Wildman–Crippen LogP) is 19.3. The second-order valence-electron chi connectivity index (χ2n) is 18.8. The van der Waals surface area contributed by atoms with Crippen LogP contribution in [0, 0.1) is 0 Å². The van der Waals surface area contributed by atoms with Gasteiger partial charge in [0.15, 0.2) is 6.10 Å². The van der Waals surface area contributed by atoms with Gasteiger partial charge in [0, 0.05) is 19.3 Å². The van der Waals surface area contributed by atoms with Gasteiger partial charge in [0.1, 0.15) is 13.2 Å². The van der Waals surface area contributed by atoms with E-state index in [1.165, 1.54) is 116 Å². The lowest BCUT2D eigenvalue weighted by Crippen LogP contribution is -2.30. The Labute approximate surface area is 426 Å². The topological polar surface area (TPSA) is 78.9 Å². The van der Waals surface area contributed by atoms with Crippen molar-refractivity contribution in [1.82, 2.24) is 0 Å². The molecule has 0 N–H and O–H groups in total. The summed E-state index contributed by atoms with van der Waals surface area (Å²) >= 11 is 0. The Balaban J connectivity index is 4.48. The maximum Gasteiger partial charge on any atom is 0.306 e. The fourth-order valence-electron chi connectivity index (χ4n) is 7.70. The number of carbonyl (C=O) groups excluding carboxylic acids is 3. The van der Waals surface area contributed by atoms with Gasteiger partial charge in [-0.15, -0.1) is 0 Å². The van der Waals surface area contributed by atoms with Crippen molar-refractivity contribution in [3.63, 3.8) is 0 Å². The molecule has 0 aromatic heterocycles. The summed E-state index contributed by atoms with van der Waals surface area (Å²) < 4.78 is 16.8. The summed E-state index contributed by atoms with van der Waals surface area (Å²) in [7, 11) is 0. The van der Waals surface area contributed by atoms with Gasteiger partial charge in [0.25, 0.3) is 0 Å². The average Bonchev–Trinajstić information content (AvgIpc) is 3.35. The van der Waals surface area contributed by atoms with Crippen LogP contribution in [0.25, 0.3) is 0 Å². The van der Waals surface area contributed by atoms with Crippen LogP contribution >= 0.6 is 0 Å². The first-order valence-corrected chi connectivity index (χ1v) is 28.7. The van der Waals surface area contributed by atoms with Crippen LogP contribution in [-0.2, 0) is 28.6 Å². The minimum atomic E-state index is -0.803. The molecule has 0 saturated carbocycles. The van der Waals surface area contributed by atoms with Crippen molar-refractivity contribution in [3.8, 4) is 0 Å². The molecule has 6 nitrogen and oxygen atoms in total. The van der Waals surface area contributed by atoms with Gasteiger partial charge in [0.05, 0.1) is 0 Å². The maximum atomic E-state index is 12.8. The molecule has 0 rings (SSSR count). The van der Waals surface area contributed by atoms with Gasteiger partial charge in [-0.1, -0.05) is 234 Å². The zero-order chi connectivity index (χ0) is 50.0. The molecule has 0 aliphatic carbocycles. The number of ether oxygens (including phenoxy) is 3. The van der Waals surface area contributed by atoms with Crippen molar-refractivity contribution in [2.45, 2.75) is 271 Å². The lowest BCUT2D eigenvalue weighted by Gasteiger charge is -2.18. The molecule has 0 amide bonds. The minimum absolute atomic E-state index is 0.103. The van der Waals surface area contributed by atoms with E-state index < -0.39 is 6.10 Å². The third-order valence-corrected chi connectivity index (χ3v) is 12.1. The second-order valence-corrected chi connectivity index (χ2v) is 18.8. The number of carbonyl (C=O) groups is 3. The molecule has 0 unspecified atom stereocenters. The van der Waals surface area contributed by atoms with E-state index >= 15 is 0 Å². The number of allylic oxidation sites excluding steroid dienone is 16. The molecule has 0 aromatic carbocycles. The Hall–Kier alpha value is -3.67. The SMILES string of the molecule is CCCCC/C=C\C/C=C\C/C=C\C/C=C\CCCCCC(=O)OCC(COC(=O)CCCCC/C=C\C/C=C\C/C=C\C/C=C\CCCCC)OC(=O)CCCCCCCCCCCCCCC. The van der Waals surface area contributed by atoms with Crippen molar-refractivity contribution in [2.24, 2.45) is 0 Å². The number of hydrogen-bond donors (Lipinski definition) is 0. The first kappa shape index (κ1) is 65.3. The van der Waals surface area contributed by atoms with Gasteiger partial charge < -0.3 is 14.2 Å². The van der Waals surface area contributed by atoms with E-state index in [1.807, 2.05) is 0 Å². The van der Waals surface area contributed by atoms with Crippen LogP contribution in [0.1, 0.15) is 265 Å². The minimum Gasteiger partial charge on any atom is -0.462 e. The van der Waals surface area contributed by atoms with Gasteiger partial charge in [-0.25, -0.2) is 0 Å². The Morgan fingerprint density at radius 2 is 0.522 bits per heavy atom. The molecule has 0 spiro atoms. The standard InChI is InChI=1S/C63H106O6/c1-4-7-10-13-16-19-22-25-27-29-31-33-35-38-40-43-46-49-52-55-61(64)67-58-60(69-63(66)57-54-51-48-45-42-37-24-21-18-15-12-9-6-3)59-68-62(65)56-53-50-47-44-41-39-36-34-32-30-28-26-23-20-17-14-11-8-5-2/h16-17,19-20,25-28,31-34,38-41,60H,4-15,18,21-24,29-30,35-37,42-59H2,1-3H3/b19-16-,20-17-,27-25-,28-26-,33-31-,34-32-,40-38-,41-39-. The summed E-state index contributed by atoms with van der Waals surface area (Å²) in [6.45, 7) is 6.53. The van der Waals surface area contributed by atoms with Gasteiger partial charge >= 0.3 is 17.9 Å². The van der Waals surface area contributed by atoms with Crippen molar-refractivity contribution in [2.75, 3.05) is 13.2 Å². The molecule has 0 aromatic rings.